The van der Waals surface area contributed by atoms with Gasteiger partial charge in [-0.25, -0.2) is 0 Å². The Morgan fingerprint density at radius 1 is 1.25 bits per heavy atom. The van der Waals surface area contributed by atoms with E-state index in [1.54, 1.807) is 20.8 Å². The Morgan fingerprint density at radius 2 is 1.81 bits per heavy atom. The Bertz CT molecular complexity index is 276. The highest BCUT2D eigenvalue weighted by molar-refractivity contribution is 5.81. The van der Waals surface area contributed by atoms with E-state index in [9.17, 15) is 9.59 Å². The van der Waals surface area contributed by atoms with Crippen LogP contribution in [0, 0.1) is 0 Å². The molecule has 0 fully saturated rings. The molecule has 92 valence electrons. The van der Waals surface area contributed by atoms with Gasteiger partial charge < -0.3 is 10.1 Å². The third-order valence-electron chi connectivity index (χ3n) is 1.56. The van der Waals surface area contributed by atoms with E-state index in [1.165, 1.54) is 0 Å². The Labute approximate surface area is 97.1 Å². The molecule has 0 aliphatic heterocycles. The second-order valence-corrected chi connectivity index (χ2v) is 4.82. The smallest absolute Gasteiger partial charge is 0.306 e. The molecule has 0 aliphatic carbocycles. The van der Waals surface area contributed by atoms with E-state index < -0.39 is 5.60 Å². The first-order chi connectivity index (χ1) is 7.20. The molecular weight excluding hydrogens is 206 g/mol. The molecule has 0 aromatic rings. The zero-order chi connectivity index (χ0) is 12.8. The quantitative estimate of drug-likeness (QED) is 0.575. The topological polar surface area (TPSA) is 55.4 Å². The minimum absolute atomic E-state index is 0.110. The van der Waals surface area contributed by atoms with E-state index in [-0.39, 0.29) is 24.7 Å². The molecule has 0 aliphatic rings. The van der Waals surface area contributed by atoms with Crippen LogP contribution in [-0.2, 0) is 14.3 Å². The van der Waals surface area contributed by atoms with E-state index >= 15 is 0 Å². The van der Waals surface area contributed by atoms with Crippen LogP contribution in [-0.4, -0.2) is 24.0 Å². The van der Waals surface area contributed by atoms with Gasteiger partial charge in [0, 0.05) is 13.0 Å². The lowest BCUT2D eigenvalue weighted by Crippen LogP contribution is -2.27. The molecule has 0 saturated carbocycles. The molecule has 16 heavy (non-hydrogen) atoms. The van der Waals surface area contributed by atoms with Crippen molar-refractivity contribution in [1.29, 1.82) is 0 Å². The van der Waals surface area contributed by atoms with Crippen LogP contribution in [0.1, 0.15) is 40.5 Å². The third-order valence-corrected chi connectivity index (χ3v) is 1.56. The first-order valence-corrected chi connectivity index (χ1v) is 5.33. The minimum atomic E-state index is -0.495. The third kappa shape index (κ3) is 9.24. The summed E-state index contributed by atoms with van der Waals surface area (Å²) in [6, 6.07) is 0. The molecule has 0 aromatic carbocycles. The van der Waals surface area contributed by atoms with Crippen molar-refractivity contribution in [2.24, 2.45) is 0 Å². The van der Waals surface area contributed by atoms with Crippen LogP contribution >= 0.6 is 0 Å². The van der Waals surface area contributed by atoms with Gasteiger partial charge in [0.2, 0.25) is 5.91 Å². The number of hydrogen-bond acceptors (Lipinski definition) is 3. The van der Waals surface area contributed by atoms with Crippen molar-refractivity contribution >= 4 is 11.9 Å². The van der Waals surface area contributed by atoms with Crippen LogP contribution in [0.25, 0.3) is 0 Å². The predicted molar refractivity (Wildman–Crippen MR) is 62.9 cm³/mol. The summed E-state index contributed by atoms with van der Waals surface area (Å²) in [6.45, 7) is 11.3. The van der Waals surface area contributed by atoms with Gasteiger partial charge in [0.25, 0.3) is 0 Å². The van der Waals surface area contributed by atoms with Crippen molar-refractivity contribution in [3.05, 3.63) is 12.2 Å². The number of amides is 1. The van der Waals surface area contributed by atoms with E-state index in [2.05, 4.69) is 11.9 Å². The number of ether oxygens (including phenoxy) is 1. The molecule has 4 nitrogen and oxygen atoms in total. The molecule has 0 radical (unpaired) electrons. The van der Waals surface area contributed by atoms with Crippen molar-refractivity contribution in [2.45, 2.75) is 46.1 Å². The van der Waals surface area contributed by atoms with E-state index in [4.69, 9.17) is 4.74 Å². The maximum atomic E-state index is 11.3. The molecular formula is C12H21NO3. The van der Waals surface area contributed by atoms with Crippen molar-refractivity contribution in [1.82, 2.24) is 5.32 Å². The fourth-order valence-corrected chi connectivity index (χ4v) is 0.946. The summed E-state index contributed by atoms with van der Waals surface area (Å²) in [5.74, 6) is -0.508. The van der Waals surface area contributed by atoms with Crippen LogP contribution in [0.5, 0.6) is 0 Å². The highest BCUT2D eigenvalue weighted by Gasteiger charge is 2.16. The number of nitrogens with one attached hydrogen (secondary N) is 1. The Morgan fingerprint density at radius 3 is 2.25 bits per heavy atom. The molecule has 1 amide bonds. The van der Waals surface area contributed by atoms with Gasteiger partial charge in [0.05, 0.1) is 6.42 Å². The van der Waals surface area contributed by atoms with Gasteiger partial charge in [-0.3, -0.25) is 9.59 Å². The summed E-state index contributed by atoms with van der Waals surface area (Å²) in [5, 5.41) is 2.65. The second-order valence-electron chi connectivity index (χ2n) is 4.82. The van der Waals surface area contributed by atoms with Crippen LogP contribution < -0.4 is 5.32 Å². The summed E-state index contributed by atoms with van der Waals surface area (Å²) >= 11 is 0. The van der Waals surface area contributed by atoms with Gasteiger partial charge in [0.15, 0.2) is 0 Å². The first-order valence-electron chi connectivity index (χ1n) is 5.33. The summed E-state index contributed by atoms with van der Waals surface area (Å²) in [4.78, 5) is 22.5. The molecule has 0 spiro atoms. The fraction of sp³-hybridized carbons (Fsp3) is 0.667. The predicted octanol–water partition coefficient (Wildman–Crippen LogP) is 1.80. The number of carbonyl (C=O) groups excluding carboxylic acids is 2. The number of carbonyl (C=O) groups is 2. The second kappa shape index (κ2) is 6.30. The van der Waals surface area contributed by atoms with Crippen LogP contribution in [0.3, 0.4) is 0 Å². The summed E-state index contributed by atoms with van der Waals surface area (Å²) in [7, 11) is 0. The highest BCUT2D eigenvalue weighted by atomic mass is 16.6. The molecule has 0 unspecified atom stereocenters. The van der Waals surface area contributed by atoms with E-state index in [1.807, 2.05) is 6.92 Å². The molecule has 1 N–H and O–H groups in total. The zero-order valence-corrected chi connectivity index (χ0v) is 10.6. The van der Waals surface area contributed by atoms with E-state index in [0.717, 1.165) is 5.57 Å². The molecule has 0 rings (SSSR count). The van der Waals surface area contributed by atoms with Gasteiger partial charge in [-0.05, 0) is 27.7 Å². The molecule has 0 heterocycles. The number of rotatable bonds is 5. The van der Waals surface area contributed by atoms with Crippen LogP contribution in [0.15, 0.2) is 12.2 Å². The normalized spacial score (nSPS) is 10.8. The molecule has 0 aromatic heterocycles. The first kappa shape index (κ1) is 14.7. The minimum Gasteiger partial charge on any atom is -0.460 e. The fourth-order valence-electron chi connectivity index (χ4n) is 0.946. The van der Waals surface area contributed by atoms with Crippen molar-refractivity contribution in [3.8, 4) is 0 Å². The standard InChI is InChI=1S/C12H21NO3/c1-9(2)8-13-10(14)6-7-11(15)16-12(3,4)5/h1,6-8H2,2-5H3,(H,13,14). The largest absolute Gasteiger partial charge is 0.460 e. The van der Waals surface area contributed by atoms with Crippen molar-refractivity contribution in [3.63, 3.8) is 0 Å². The molecule has 4 heteroatoms. The Hall–Kier alpha value is -1.32. The van der Waals surface area contributed by atoms with Crippen LogP contribution in [0.2, 0.25) is 0 Å². The molecule has 0 saturated heterocycles. The maximum Gasteiger partial charge on any atom is 0.306 e. The number of hydrogen-bond donors (Lipinski definition) is 1. The average molecular weight is 227 g/mol. The summed E-state index contributed by atoms with van der Waals surface area (Å²) in [6.07, 6.45) is 0.265. The zero-order valence-electron chi connectivity index (χ0n) is 10.6. The Balaban J connectivity index is 3.76. The lowest BCUT2D eigenvalue weighted by atomic mass is 10.2. The van der Waals surface area contributed by atoms with Gasteiger partial charge >= 0.3 is 5.97 Å². The molecule has 0 atom stereocenters. The average Bonchev–Trinajstić information content (AvgIpc) is 2.08. The highest BCUT2D eigenvalue weighted by Crippen LogP contribution is 2.08. The van der Waals surface area contributed by atoms with Crippen molar-refractivity contribution < 1.29 is 14.3 Å². The summed E-state index contributed by atoms with van der Waals surface area (Å²) < 4.78 is 5.08. The summed E-state index contributed by atoms with van der Waals surface area (Å²) in [5.41, 5.74) is 0.385. The Kier molecular flexibility index (Phi) is 5.78. The molecule has 0 bridgehead atoms. The van der Waals surface area contributed by atoms with E-state index in [0.29, 0.717) is 6.54 Å². The monoisotopic (exact) mass is 227 g/mol. The maximum absolute atomic E-state index is 11.3. The lowest BCUT2D eigenvalue weighted by molar-refractivity contribution is -0.155. The van der Waals surface area contributed by atoms with Gasteiger partial charge in [-0.1, -0.05) is 12.2 Å². The number of esters is 1. The van der Waals surface area contributed by atoms with Crippen LogP contribution in [0.4, 0.5) is 0 Å². The van der Waals surface area contributed by atoms with Gasteiger partial charge in [0.1, 0.15) is 5.60 Å². The lowest BCUT2D eigenvalue weighted by Gasteiger charge is -2.19. The van der Waals surface area contributed by atoms with Crippen molar-refractivity contribution in [2.75, 3.05) is 6.54 Å². The van der Waals surface area contributed by atoms with Gasteiger partial charge in [-0.2, -0.15) is 0 Å². The van der Waals surface area contributed by atoms with Gasteiger partial charge in [-0.15, -0.1) is 0 Å². The SMILES string of the molecule is C=C(C)CNC(=O)CCC(=O)OC(C)(C)C.